The summed E-state index contributed by atoms with van der Waals surface area (Å²) in [6, 6.07) is 14.0. The molecule has 0 unspecified atom stereocenters. The van der Waals surface area contributed by atoms with Crippen LogP contribution in [-0.2, 0) is 9.59 Å². The van der Waals surface area contributed by atoms with Crippen LogP contribution in [0.3, 0.4) is 0 Å². The van der Waals surface area contributed by atoms with E-state index in [1.165, 1.54) is 11.1 Å². The van der Waals surface area contributed by atoms with Crippen LogP contribution in [0.5, 0.6) is 5.75 Å². The van der Waals surface area contributed by atoms with Crippen molar-refractivity contribution in [2.24, 2.45) is 15.9 Å². The van der Waals surface area contributed by atoms with Crippen molar-refractivity contribution in [1.29, 1.82) is 0 Å². The number of carbonyl (C=O) groups is 2. The van der Waals surface area contributed by atoms with Crippen LogP contribution in [0.1, 0.15) is 31.7 Å². The average molecular weight is 459 g/mol. The van der Waals surface area contributed by atoms with Gasteiger partial charge in [0.25, 0.3) is 0 Å². The Labute approximate surface area is 190 Å². The van der Waals surface area contributed by atoms with Crippen molar-refractivity contribution in [2.45, 2.75) is 31.4 Å². The maximum absolute atomic E-state index is 12.8. The van der Waals surface area contributed by atoms with Crippen molar-refractivity contribution in [1.82, 2.24) is 0 Å². The molecule has 9 heteroatoms. The number of amides is 2. The molecule has 1 heterocycles. The highest BCUT2D eigenvalue weighted by Gasteiger charge is 2.40. The summed E-state index contributed by atoms with van der Waals surface area (Å²) in [5, 5.41) is 7.93. The number of imide groups is 1. The lowest BCUT2D eigenvalue weighted by Gasteiger charge is -2.15. The molecule has 2 aromatic rings. The highest BCUT2D eigenvalue weighted by molar-refractivity contribution is 8.14. The molecule has 31 heavy (non-hydrogen) atoms. The van der Waals surface area contributed by atoms with Crippen molar-refractivity contribution in [3.63, 3.8) is 0 Å². The highest BCUT2D eigenvalue weighted by Crippen LogP contribution is 2.30. The zero-order chi connectivity index (χ0) is 22.2. The Bertz CT molecular complexity index is 977. The van der Waals surface area contributed by atoms with E-state index in [0.717, 1.165) is 30.2 Å². The van der Waals surface area contributed by atoms with Gasteiger partial charge in [-0.05, 0) is 48.4 Å². The van der Waals surface area contributed by atoms with Gasteiger partial charge in [0.1, 0.15) is 11.0 Å². The Balaban J connectivity index is 1.59. The van der Waals surface area contributed by atoms with Gasteiger partial charge in [-0.2, -0.15) is 5.10 Å². The Hall–Kier alpha value is -2.84. The van der Waals surface area contributed by atoms with Crippen LogP contribution >= 0.6 is 23.4 Å². The second-order valence-corrected chi connectivity index (χ2v) is 8.47. The van der Waals surface area contributed by atoms with E-state index in [1.54, 1.807) is 48.5 Å². The summed E-state index contributed by atoms with van der Waals surface area (Å²) in [6.07, 6.45) is 3.60. The quantitative estimate of drug-likeness (QED) is 0.210. The molecule has 2 aromatic carbocycles. The van der Waals surface area contributed by atoms with E-state index in [9.17, 15) is 9.59 Å². The van der Waals surface area contributed by atoms with Gasteiger partial charge in [0.2, 0.25) is 11.8 Å². The second-order valence-electron chi connectivity index (χ2n) is 6.81. The monoisotopic (exact) mass is 458 g/mol. The van der Waals surface area contributed by atoms with E-state index < -0.39 is 5.25 Å². The number of unbranched alkanes of at least 4 members (excludes halogenated alkanes) is 1. The first-order valence-corrected chi connectivity index (χ1v) is 11.1. The number of nitrogens with zero attached hydrogens (tertiary/aromatic N) is 3. The molecule has 1 aliphatic heterocycles. The summed E-state index contributed by atoms with van der Waals surface area (Å²) in [6.45, 7) is 2.73. The van der Waals surface area contributed by atoms with E-state index in [1.807, 2.05) is 0 Å². The molecule has 2 amide bonds. The van der Waals surface area contributed by atoms with Gasteiger partial charge in [-0.15, -0.1) is 5.10 Å². The maximum Gasteiger partial charge on any atom is 0.247 e. The topological polar surface area (TPSA) is 97.3 Å². The Morgan fingerprint density at radius 1 is 1.23 bits per heavy atom. The maximum atomic E-state index is 12.8. The van der Waals surface area contributed by atoms with Crippen molar-refractivity contribution in [3.8, 4) is 5.75 Å². The first-order valence-electron chi connectivity index (χ1n) is 9.86. The standard InChI is InChI=1S/C22H23ClN4O3S/c1-2-3-12-30-18-10-8-17(9-11-18)27-20(28)13-19(21(27)29)31-22(24)26-25-14-15-4-6-16(23)7-5-15/h4-11,14,19H,2-3,12-13H2,1H3,(H2,24,26)/t19-/m1/s1. The van der Waals surface area contributed by atoms with Crippen LogP contribution in [0.15, 0.2) is 58.7 Å². The molecule has 0 saturated carbocycles. The largest absolute Gasteiger partial charge is 0.494 e. The number of thioether (sulfide) groups is 1. The third kappa shape index (κ3) is 6.32. The number of ether oxygens (including phenoxy) is 1. The predicted octanol–water partition coefficient (Wildman–Crippen LogP) is 4.23. The second kappa shape index (κ2) is 11.0. The number of halogens is 1. The van der Waals surface area contributed by atoms with Crippen LogP contribution in [0, 0.1) is 0 Å². The molecule has 3 rings (SSSR count). The first-order chi connectivity index (χ1) is 15.0. The molecule has 7 nitrogen and oxygen atoms in total. The number of amidine groups is 1. The molecular weight excluding hydrogens is 436 g/mol. The fourth-order valence-corrected chi connectivity index (χ4v) is 3.81. The summed E-state index contributed by atoms with van der Waals surface area (Å²) in [5.74, 6) is 0.103. The molecule has 1 atom stereocenters. The molecule has 0 aromatic heterocycles. The Morgan fingerprint density at radius 2 is 1.94 bits per heavy atom. The number of benzene rings is 2. The van der Waals surface area contributed by atoms with Gasteiger partial charge in [0.15, 0.2) is 5.17 Å². The van der Waals surface area contributed by atoms with E-state index in [4.69, 9.17) is 22.1 Å². The highest BCUT2D eigenvalue weighted by atomic mass is 35.5. The first kappa shape index (κ1) is 22.8. The number of hydrogen-bond acceptors (Lipinski definition) is 6. The number of anilines is 1. The lowest BCUT2D eigenvalue weighted by Crippen LogP contribution is -2.31. The van der Waals surface area contributed by atoms with Crippen LogP contribution in [0.25, 0.3) is 0 Å². The third-order valence-corrected chi connectivity index (χ3v) is 5.69. The van der Waals surface area contributed by atoms with E-state index in [2.05, 4.69) is 17.1 Å². The van der Waals surface area contributed by atoms with Gasteiger partial charge in [0, 0.05) is 11.4 Å². The van der Waals surface area contributed by atoms with Crippen LogP contribution in [0.4, 0.5) is 5.69 Å². The van der Waals surface area contributed by atoms with Gasteiger partial charge in [-0.3, -0.25) is 9.59 Å². The van der Waals surface area contributed by atoms with Gasteiger partial charge >= 0.3 is 0 Å². The minimum Gasteiger partial charge on any atom is -0.494 e. The summed E-state index contributed by atoms with van der Waals surface area (Å²) in [4.78, 5) is 26.4. The fourth-order valence-electron chi connectivity index (χ4n) is 2.86. The van der Waals surface area contributed by atoms with Gasteiger partial charge in [0.05, 0.1) is 18.5 Å². The number of nitrogens with two attached hydrogens (primary N) is 1. The number of carbonyl (C=O) groups excluding carboxylic acids is 2. The normalized spacial score (nSPS) is 17.0. The molecular formula is C22H23ClN4O3S. The van der Waals surface area contributed by atoms with E-state index in [0.29, 0.717) is 23.1 Å². The zero-order valence-electron chi connectivity index (χ0n) is 17.0. The summed E-state index contributed by atoms with van der Waals surface area (Å²) in [5.41, 5.74) is 7.21. The molecule has 1 aliphatic rings. The summed E-state index contributed by atoms with van der Waals surface area (Å²) in [7, 11) is 0. The Kier molecular flexibility index (Phi) is 8.08. The average Bonchev–Trinajstić information content (AvgIpc) is 3.03. The van der Waals surface area contributed by atoms with E-state index in [-0.39, 0.29) is 23.4 Å². The van der Waals surface area contributed by atoms with E-state index >= 15 is 0 Å². The van der Waals surface area contributed by atoms with Gasteiger partial charge < -0.3 is 10.5 Å². The number of hydrogen-bond donors (Lipinski definition) is 1. The summed E-state index contributed by atoms with van der Waals surface area (Å²) < 4.78 is 5.62. The zero-order valence-corrected chi connectivity index (χ0v) is 18.6. The molecule has 2 N–H and O–H groups in total. The van der Waals surface area contributed by atoms with Crippen LogP contribution < -0.4 is 15.4 Å². The number of rotatable bonds is 8. The smallest absolute Gasteiger partial charge is 0.247 e. The lowest BCUT2D eigenvalue weighted by atomic mass is 10.2. The van der Waals surface area contributed by atoms with Gasteiger partial charge in [-0.1, -0.05) is 48.8 Å². The Morgan fingerprint density at radius 3 is 2.61 bits per heavy atom. The molecule has 0 spiro atoms. The lowest BCUT2D eigenvalue weighted by molar-refractivity contribution is -0.121. The minimum absolute atomic E-state index is 0.0510. The van der Waals surface area contributed by atoms with Crippen molar-refractivity contribution < 1.29 is 14.3 Å². The fraction of sp³-hybridized carbons (Fsp3) is 0.273. The third-order valence-electron chi connectivity index (χ3n) is 4.46. The molecule has 162 valence electrons. The minimum atomic E-state index is -0.637. The van der Waals surface area contributed by atoms with Crippen LogP contribution in [-0.4, -0.2) is 35.1 Å². The van der Waals surface area contributed by atoms with Crippen molar-refractivity contribution in [3.05, 3.63) is 59.1 Å². The van der Waals surface area contributed by atoms with Crippen molar-refractivity contribution >= 4 is 52.2 Å². The molecule has 1 saturated heterocycles. The molecule has 0 aliphatic carbocycles. The molecule has 0 radical (unpaired) electrons. The molecule has 0 bridgehead atoms. The summed E-state index contributed by atoms with van der Waals surface area (Å²) >= 11 is 6.87. The van der Waals surface area contributed by atoms with Gasteiger partial charge in [-0.25, -0.2) is 4.90 Å². The SMILES string of the molecule is CCCCOc1ccc(N2C(=O)C[C@@H](SC(N)=NN=Cc3ccc(Cl)cc3)C2=O)cc1. The molecule has 1 fully saturated rings. The van der Waals surface area contributed by atoms with Crippen molar-refractivity contribution in [2.75, 3.05) is 11.5 Å². The predicted molar refractivity (Wildman–Crippen MR) is 126 cm³/mol. The van der Waals surface area contributed by atoms with Crippen LogP contribution in [0.2, 0.25) is 5.02 Å².